The lowest BCUT2D eigenvalue weighted by Crippen LogP contribution is -2.49. The topological polar surface area (TPSA) is 76.2 Å². The molecule has 0 saturated heterocycles. The fraction of sp³-hybridized carbons (Fsp3) is 0.346. The van der Waals surface area contributed by atoms with Crippen LogP contribution in [0.3, 0.4) is 0 Å². The van der Waals surface area contributed by atoms with Crippen molar-refractivity contribution in [3.63, 3.8) is 0 Å². The van der Waals surface area contributed by atoms with Crippen LogP contribution in [-0.2, 0) is 21.2 Å². The van der Waals surface area contributed by atoms with Gasteiger partial charge in [0.2, 0.25) is 15.9 Å². The number of thiophene rings is 1. The lowest BCUT2D eigenvalue weighted by molar-refractivity contribution is -0.135. The summed E-state index contributed by atoms with van der Waals surface area (Å²) < 4.78 is 52.4. The van der Waals surface area contributed by atoms with Crippen molar-refractivity contribution in [3.05, 3.63) is 76.2 Å². The molecule has 4 rings (SSSR count). The molecule has 10 heteroatoms. The number of halogens is 1. The van der Waals surface area contributed by atoms with Crippen molar-refractivity contribution in [2.45, 2.75) is 37.2 Å². The minimum absolute atomic E-state index is 0.0970. The van der Waals surface area contributed by atoms with E-state index in [4.69, 9.17) is 9.47 Å². The lowest BCUT2D eigenvalue weighted by Gasteiger charge is -2.37. The Morgan fingerprint density at radius 2 is 1.78 bits per heavy atom. The van der Waals surface area contributed by atoms with Crippen molar-refractivity contribution >= 4 is 27.3 Å². The predicted octanol–water partition coefficient (Wildman–Crippen LogP) is 4.50. The van der Waals surface area contributed by atoms with Crippen molar-refractivity contribution in [2.24, 2.45) is 0 Å². The Bertz CT molecular complexity index is 1290. The third-order valence-corrected chi connectivity index (χ3v) is 9.20. The van der Waals surface area contributed by atoms with Crippen LogP contribution in [0, 0.1) is 5.82 Å². The molecule has 0 saturated carbocycles. The summed E-state index contributed by atoms with van der Waals surface area (Å²) in [6, 6.07) is 13.0. The van der Waals surface area contributed by atoms with Crippen LogP contribution in [0.5, 0.6) is 11.5 Å². The van der Waals surface area contributed by atoms with E-state index in [0.29, 0.717) is 24.5 Å². The van der Waals surface area contributed by atoms with Crippen molar-refractivity contribution in [2.75, 3.05) is 26.8 Å². The molecule has 7 nitrogen and oxygen atoms in total. The fourth-order valence-electron chi connectivity index (χ4n) is 4.23. The predicted molar refractivity (Wildman–Crippen MR) is 136 cm³/mol. The number of hydrogen-bond donors (Lipinski definition) is 0. The van der Waals surface area contributed by atoms with Gasteiger partial charge in [0.25, 0.3) is 0 Å². The number of fused-ring (bicyclic) bond motifs is 1. The van der Waals surface area contributed by atoms with Gasteiger partial charge in [-0.05, 0) is 85.8 Å². The van der Waals surface area contributed by atoms with Crippen molar-refractivity contribution in [1.82, 2.24) is 9.21 Å². The summed E-state index contributed by atoms with van der Waals surface area (Å²) in [5, 5.41) is 1.98. The zero-order valence-corrected chi connectivity index (χ0v) is 22.0. The van der Waals surface area contributed by atoms with E-state index in [1.807, 2.05) is 11.4 Å². The highest BCUT2D eigenvalue weighted by Gasteiger charge is 2.36. The van der Waals surface area contributed by atoms with Gasteiger partial charge in [0.05, 0.1) is 24.6 Å². The van der Waals surface area contributed by atoms with E-state index in [0.717, 1.165) is 5.56 Å². The monoisotopic (exact) mass is 532 g/mol. The number of benzene rings is 2. The Morgan fingerprint density at radius 3 is 2.42 bits per heavy atom. The van der Waals surface area contributed by atoms with Gasteiger partial charge < -0.3 is 14.4 Å². The number of amides is 1. The molecule has 1 aromatic heterocycles. The third kappa shape index (κ3) is 5.55. The zero-order valence-electron chi connectivity index (χ0n) is 20.4. The highest BCUT2D eigenvalue weighted by molar-refractivity contribution is 7.89. The zero-order chi connectivity index (χ0) is 25.9. The summed E-state index contributed by atoms with van der Waals surface area (Å²) >= 11 is 1.63. The summed E-state index contributed by atoms with van der Waals surface area (Å²) in [5.74, 6) is 0.385. The third-order valence-electron chi connectivity index (χ3n) is 6.17. The van der Waals surface area contributed by atoms with Crippen LogP contribution in [0.4, 0.5) is 4.39 Å². The summed E-state index contributed by atoms with van der Waals surface area (Å²) in [6.45, 7) is 3.83. The molecular weight excluding hydrogens is 503 g/mol. The first-order valence-corrected chi connectivity index (χ1v) is 13.9. The molecule has 2 aromatic carbocycles. The van der Waals surface area contributed by atoms with Crippen LogP contribution in [0.1, 0.15) is 30.3 Å². The quantitative estimate of drug-likeness (QED) is 0.406. The maximum absolute atomic E-state index is 13.6. The minimum atomic E-state index is -3.92. The van der Waals surface area contributed by atoms with Crippen LogP contribution in [0.15, 0.2) is 64.9 Å². The van der Waals surface area contributed by atoms with Crippen molar-refractivity contribution < 1.29 is 27.1 Å². The Labute approximate surface area is 215 Å². The molecule has 36 heavy (non-hydrogen) atoms. The average Bonchev–Trinajstić information content (AvgIpc) is 3.35. The van der Waals surface area contributed by atoms with Gasteiger partial charge in [-0.25, -0.2) is 12.8 Å². The highest BCUT2D eigenvalue weighted by Crippen LogP contribution is 2.34. The summed E-state index contributed by atoms with van der Waals surface area (Å²) in [4.78, 5) is 16.6. The first-order chi connectivity index (χ1) is 17.2. The van der Waals surface area contributed by atoms with Gasteiger partial charge in [0.1, 0.15) is 23.9 Å². The maximum atomic E-state index is 13.6. The SMILES string of the molecule is COc1ccc(S(=O)(=O)N(CC(=O)N2CCc3sccc3[C@@H]2COc2ccc(F)cc2)C(C)C)cc1. The Balaban J connectivity index is 1.56. The van der Waals surface area contributed by atoms with Gasteiger partial charge >= 0.3 is 0 Å². The van der Waals surface area contributed by atoms with E-state index in [2.05, 4.69) is 0 Å². The number of methoxy groups -OCH3 is 1. The van der Waals surface area contributed by atoms with Gasteiger partial charge in [-0.2, -0.15) is 4.31 Å². The Morgan fingerprint density at radius 1 is 1.11 bits per heavy atom. The Kier molecular flexibility index (Phi) is 7.97. The molecule has 0 fully saturated rings. The first kappa shape index (κ1) is 26.1. The standard InChI is InChI=1S/C26H29FN2O5S2/c1-18(2)29(36(31,32)22-10-8-20(33-3)9-11-22)16-26(30)28-14-12-25-23(13-15-35-25)24(28)17-34-21-6-4-19(27)5-7-21/h4-11,13,15,18,24H,12,14,16-17H2,1-3H3/t24-/m0/s1. The molecule has 192 valence electrons. The molecule has 1 aliphatic heterocycles. The summed E-state index contributed by atoms with van der Waals surface area (Å²) in [7, 11) is -2.41. The number of hydrogen-bond acceptors (Lipinski definition) is 6. The molecular formula is C26H29FN2O5S2. The van der Waals surface area contributed by atoms with Gasteiger partial charge in [0, 0.05) is 17.5 Å². The van der Waals surface area contributed by atoms with Gasteiger partial charge in [-0.1, -0.05) is 0 Å². The van der Waals surface area contributed by atoms with Gasteiger partial charge in [-0.15, -0.1) is 11.3 Å². The maximum Gasteiger partial charge on any atom is 0.243 e. The van der Waals surface area contributed by atoms with Crippen molar-refractivity contribution in [1.29, 1.82) is 0 Å². The fourth-order valence-corrected chi connectivity index (χ4v) is 6.75. The first-order valence-electron chi connectivity index (χ1n) is 11.6. The molecule has 0 N–H and O–H groups in total. The van der Waals surface area contributed by atoms with Crippen LogP contribution in [-0.4, -0.2) is 56.4 Å². The molecule has 0 aliphatic carbocycles. The van der Waals surface area contributed by atoms with Crippen LogP contribution >= 0.6 is 11.3 Å². The lowest BCUT2D eigenvalue weighted by atomic mass is 10.0. The second kappa shape index (κ2) is 11.0. The molecule has 2 heterocycles. The number of rotatable bonds is 9. The largest absolute Gasteiger partial charge is 0.497 e. The molecule has 0 unspecified atom stereocenters. The number of nitrogens with zero attached hydrogens (tertiary/aromatic N) is 2. The second-order valence-corrected chi connectivity index (χ2v) is 11.6. The van der Waals surface area contributed by atoms with E-state index in [9.17, 15) is 17.6 Å². The summed E-state index contributed by atoms with van der Waals surface area (Å²) in [6.07, 6.45) is 0.693. The van der Waals surface area contributed by atoms with E-state index in [1.54, 1.807) is 54.3 Å². The number of sulfonamides is 1. The summed E-state index contributed by atoms with van der Waals surface area (Å²) in [5.41, 5.74) is 0.996. The van der Waals surface area contributed by atoms with E-state index in [1.165, 1.54) is 40.6 Å². The molecule has 1 atom stereocenters. The molecule has 1 amide bonds. The molecule has 3 aromatic rings. The second-order valence-electron chi connectivity index (χ2n) is 8.74. The van der Waals surface area contributed by atoms with Crippen LogP contribution < -0.4 is 9.47 Å². The smallest absolute Gasteiger partial charge is 0.243 e. The molecule has 1 aliphatic rings. The number of ether oxygens (including phenoxy) is 2. The van der Waals surface area contributed by atoms with Gasteiger partial charge in [0.15, 0.2) is 0 Å². The number of carbonyl (C=O) groups excluding carboxylic acids is 1. The van der Waals surface area contributed by atoms with Crippen LogP contribution in [0.2, 0.25) is 0 Å². The minimum Gasteiger partial charge on any atom is -0.497 e. The number of carbonyl (C=O) groups is 1. The molecule has 0 bridgehead atoms. The molecule has 0 radical (unpaired) electrons. The molecule has 0 spiro atoms. The van der Waals surface area contributed by atoms with E-state index >= 15 is 0 Å². The Hall–Kier alpha value is -2.95. The van der Waals surface area contributed by atoms with E-state index < -0.39 is 16.1 Å². The normalized spacial score (nSPS) is 15.7. The highest BCUT2D eigenvalue weighted by atomic mass is 32.2. The van der Waals surface area contributed by atoms with Crippen molar-refractivity contribution in [3.8, 4) is 11.5 Å². The van der Waals surface area contributed by atoms with Gasteiger partial charge in [-0.3, -0.25) is 4.79 Å². The van der Waals surface area contributed by atoms with Crippen LogP contribution in [0.25, 0.3) is 0 Å². The van der Waals surface area contributed by atoms with E-state index in [-0.39, 0.29) is 35.8 Å². The average molecular weight is 533 g/mol.